The summed E-state index contributed by atoms with van der Waals surface area (Å²) in [6.07, 6.45) is -0.955. The molecule has 1 aromatic heterocycles. The van der Waals surface area contributed by atoms with Crippen molar-refractivity contribution >= 4 is 11.9 Å². The number of furan rings is 1. The van der Waals surface area contributed by atoms with Crippen LogP contribution in [-0.4, -0.2) is 47.7 Å². The SMILES string of the molecule is Cc1ccc(C(=O)N2CCOC(C(=O)O)C2)o1. The summed E-state index contributed by atoms with van der Waals surface area (Å²) >= 11 is 0. The highest BCUT2D eigenvalue weighted by Crippen LogP contribution is 2.13. The van der Waals surface area contributed by atoms with E-state index >= 15 is 0 Å². The molecule has 1 fully saturated rings. The average Bonchev–Trinajstić information content (AvgIpc) is 2.75. The Labute approximate surface area is 97.8 Å². The van der Waals surface area contributed by atoms with E-state index in [1.54, 1.807) is 19.1 Å². The van der Waals surface area contributed by atoms with Crippen molar-refractivity contribution in [2.45, 2.75) is 13.0 Å². The minimum atomic E-state index is -1.06. The second kappa shape index (κ2) is 4.58. The third kappa shape index (κ3) is 2.47. The van der Waals surface area contributed by atoms with Gasteiger partial charge in [-0.1, -0.05) is 0 Å². The number of hydrogen-bond acceptors (Lipinski definition) is 4. The number of carboxylic acids is 1. The second-order valence-electron chi connectivity index (χ2n) is 3.86. The third-order valence-corrected chi connectivity index (χ3v) is 2.58. The number of aliphatic carboxylic acids is 1. The lowest BCUT2D eigenvalue weighted by molar-refractivity contribution is -0.154. The van der Waals surface area contributed by atoms with Crippen molar-refractivity contribution in [3.63, 3.8) is 0 Å². The molecule has 0 saturated carbocycles. The van der Waals surface area contributed by atoms with Gasteiger partial charge >= 0.3 is 5.97 Å². The van der Waals surface area contributed by atoms with Crippen LogP contribution in [0.15, 0.2) is 16.5 Å². The molecular weight excluding hydrogens is 226 g/mol. The molecule has 2 heterocycles. The number of hydrogen-bond donors (Lipinski definition) is 1. The molecule has 1 aromatic rings. The maximum Gasteiger partial charge on any atom is 0.334 e. The molecule has 6 nitrogen and oxygen atoms in total. The van der Waals surface area contributed by atoms with E-state index in [0.29, 0.717) is 12.3 Å². The van der Waals surface area contributed by atoms with Crippen LogP contribution in [-0.2, 0) is 9.53 Å². The van der Waals surface area contributed by atoms with Crippen molar-refractivity contribution < 1.29 is 23.8 Å². The first-order valence-electron chi connectivity index (χ1n) is 5.28. The van der Waals surface area contributed by atoms with E-state index in [9.17, 15) is 9.59 Å². The zero-order chi connectivity index (χ0) is 12.4. The van der Waals surface area contributed by atoms with Crippen molar-refractivity contribution in [1.29, 1.82) is 0 Å². The molecule has 6 heteroatoms. The van der Waals surface area contributed by atoms with Gasteiger partial charge in [0, 0.05) is 6.54 Å². The fourth-order valence-corrected chi connectivity index (χ4v) is 1.69. The van der Waals surface area contributed by atoms with E-state index in [0.717, 1.165) is 0 Å². The molecule has 1 unspecified atom stereocenters. The molecule has 17 heavy (non-hydrogen) atoms. The third-order valence-electron chi connectivity index (χ3n) is 2.58. The number of carbonyl (C=O) groups is 2. The largest absolute Gasteiger partial charge is 0.479 e. The molecule has 0 aromatic carbocycles. The molecule has 1 aliphatic rings. The van der Waals surface area contributed by atoms with Gasteiger partial charge in [-0.15, -0.1) is 0 Å². The Kier molecular flexibility index (Phi) is 3.14. The van der Waals surface area contributed by atoms with Crippen LogP contribution >= 0.6 is 0 Å². The fraction of sp³-hybridized carbons (Fsp3) is 0.455. The Balaban J connectivity index is 2.07. The Morgan fingerprint density at radius 2 is 2.24 bits per heavy atom. The van der Waals surface area contributed by atoms with Crippen LogP contribution in [0, 0.1) is 6.92 Å². The second-order valence-corrected chi connectivity index (χ2v) is 3.86. The average molecular weight is 239 g/mol. The molecule has 0 bridgehead atoms. The number of carboxylic acid groups (broad SMARTS) is 1. The zero-order valence-electron chi connectivity index (χ0n) is 9.38. The quantitative estimate of drug-likeness (QED) is 0.813. The highest BCUT2D eigenvalue weighted by atomic mass is 16.5. The first-order chi connectivity index (χ1) is 8.08. The standard InChI is InChI=1S/C11H13NO5/c1-7-2-3-8(17-7)10(13)12-4-5-16-9(6-12)11(14)15/h2-3,9H,4-6H2,1H3,(H,14,15). The van der Waals surface area contributed by atoms with Crippen LogP contribution in [0.2, 0.25) is 0 Å². The Hall–Kier alpha value is -1.82. The summed E-state index contributed by atoms with van der Waals surface area (Å²) in [5.74, 6) is -0.476. The topological polar surface area (TPSA) is 80.0 Å². The van der Waals surface area contributed by atoms with Gasteiger partial charge in [-0.2, -0.15) is 0 Å². The van der Waals surface area contributed by atoms with Crippen LogP contribution in [0.4, 0.5) is 0 Å². The summed E-state index contributed by atoms with van der Waals surface area (Å²) < 4.78 is 10.3. The van der Waals surface area contributed by atoms with E-state index < -0.39 is 12.1 Å². The van der Waals surface area contributed by atoms with Crippen LogP contribution in [0.1, 0.15) is 16.3 Å². The molecule has 1 aliphatic heterocycles. The summed E-state index contributed by atoms with van der Waals surface area (Å²) in [6.45, 7) is 2.40. The van der Waals surface area contributed by atoms with Crippen molar-refractivity contribution in [2.75, 3.05) is 19.7 Å². The van der Waals surface area contributed by atoms with Gasteiger partial charge < -0.3 is 19.2 Å². The van der Waals surface area contributed by atoms with Gasteiger partial charge in [-0.25, -0.2) is 4.79 Å². The van der Waals surface area contributed by atoms with E-state index in [-0.39, 0.29) is 24.8 Å². The number of aryl methyl sites for hydroxylation is 1. The maximum absolute atomic E-state index is 12.0. The van der Waals surface area contributed by atoms with Gasteiger partial charge in [0.05, 0.1) is 13.2 Å². The van der Waals surface area contributed by atoms with Gasteiger partial charge in [-0.3, -0.25) is 4.79 Å². The van der Waals surface area contributed by atoms with E-state index in [2.05, 4.69) is 0 Å². The minimum absolute atomic E-state index is 0.0495. The van der Waals surface area contributed by atoms with E-state index in [1.165, 1.54) is 4.90 Å². The summed E-state index contributed by atoms with van der Waals surface area (Å²) in [5, 5.41) is 8.83. The predicted octanol–water partition coefficient (Wildman–Crippen LogP) is 0.514. The zero-order valence-corrected chi connectivity index (χ0v) is 9.38. The summed E-state index contributed by atoms with van der Waals surface area (Å²) in [6, 6.07) is 3.28. The number of nitrogens with zero attached hydrogens (tertiary/aromatic N) is 1. The molecule has 1 amide bonds. The number of amides is 1. The molecule has 0 aliphatic carbocycles. The predicted molar refractivity (Wildman–Crippen MR) is 56.7 cm³/mol. The number of morpholine rings is 1. The molecule has 0 radical (unpaired) electrons. The lowest BCUT2D eigenvalue weighted by Gasteiger charge is -2.30. The molecule has 1 saturated heterocycles. The van der Waals surface area contributed by atoms with Gasteiger partial charge in [0.15, 0.2) is 11.9 Å². The molecule has 2 rings (SSSR count). The van der Waals surface area contributed by atoms with Crippen LogP contribution in [0.25, 0.3) is 0 Å². The van der Waals surface area contributed by atoms with Crippen molar-refractivity contribution in [2.24, 2.45) is 0 Å². The Morgan fingerprint density at radius 1 is 1.47 bits per heavy atom. The number of ether oxygens (including phenoxy) is 1. The molecule has 0 spiro atoms. The maximum atomic E-state index is 12.0. The van der Waals surface area contributed by atoms with Gasteiger partial charge in [-0.05, 0) is 19.1 Å². The van der Waals surface area contributed by atoms with Gasteiger partial charge in [0.2, 0.25) is 0 Å². The van der Waals surface area contributed by atoms with E-state index in [1.807, 2.05) is 0 Å². The first kappa shape index (κ1) is 11.7. The Bertz CT molecular complexity index is 439. The molecule has 1 N–H and O–H groups in total. The normalized spacial score (nSPS) is 20.3. The minimum Gasteiger partial charge on any atom is -0.479 e. The van der Waals surface area contributed by atoms with Crippen LogP contribution in [0.3, 0.4) is 0 Å². The first-order valence-corrected chi connectivity index (χ1v) is 5.28. The number of rotatable bonds is 2. The smallest absolute Gasteiger partial charge is 0.334 e. The summed E-state index contributed by atoms with van der Waals surface area (Å²) in [7, 11) is 0. The summed E-state index contributed by atoms with van der Waals surface area (Å²) in [5.41, 5.74) is 0. The van der Waals surface area contributed by atoms with Gasteiger partial charge in [0.1, 0.15) is 5.76 Å². The molecule has 92 valence electrons. The van der Waals surface area contributed by atoms with E-state index in [4.69, 9.17) is 14.3 Å². The van der Waals surface area contributed by atoms with Crippen LogP contribution in [0.5, 0.6) is 0 Å². The van der Waals surface area contributed by atoms with Crippen molar-refractivity contribution in [1.82, 2.24) is 4.90 Å². The molecular formula is C11H13NO5. The molecule has 1 atom stereocenters. The highest BCUT2D eigenvalue weighted by molar-refractivity contribution is 5.92. The highest BCUT2D eigenvalue weighted by Gasteiger charge is 2.30. The van der Waals surface area contributed by atoms with Crippen molar-refractivity contribution in [3.05, 3.63) is 23.7 Å². The lowest BCUT2D eigenvalue weighted by atomic mass is 10.2. The van der Waals surface area contributed by atoms with Crippen LogP contribution < -0.4 is 0 Å². The summed E-state index contributed by atoms with van der Waals surface area (Å²) in [4.78, 5) is 24.2. The van der Waals surface area contributed by atoms with Gasteiger partial charge in [0.25, 0.3) is 5.91 Å². The number of carbonyl (C=O) groups excluding carboxylic acids is 1. The fourth-order valence-electron chi connectivity index (χ4n) is 1.69. The Morgan fingerprint density at radius 3 is 2.82 bits per heavy atom. The van der Waals surface area contributed by atoms with Crippen molar-refractivity contribution in [3.8, 4) is 0 Å². The monoisotopic (exact) mass is 239 g/mol. The lowest BCUT2D eigenvalue weighted by Crippen LogP contribution is -2.48.